The summed E-state index contributed by atoms with van der Waals surface area (Å²) < 4.78 is 5.18. The molecule has 16 heavy (non-hydrogen) atoms. The number of anilines is 1. The second-order valence-corrected chi connectivity index (χ2v) is 4.65. The van der Waals surface area contributed by atoms with Gasteiger partial charge in [-0.25, -0.2) is 0 Å². The van der Waals surface area contributed by atoms with E-state index in [9.17, 15) is 0 Å². The monoisotopic (exact) mass is 218 g/mol. The highest BCUT2D eigenvalue weighted by Gasteiger charge is 2.22. The molecular formula is C11H14N4O. The van der Waals surface area contributed by atoms with E-state index in [4.69, 9.17) is 10.3 Å². The van der Waals surface area contributed by atoms with Crippen molar-refractivity contribution in [1.29, 1.82) is 0 Å². The fraction of sp³-hybridized carbons (Fsp3) is 0.364. The summed E-state index contributed by atoms with van der Waals surface area (Å²) in [5.41, 5.74) is 6.67. The number of hydrogen-bond donors (Lipinski definition) is 1. The van der Waals surface area contributed by atoms with Crippen LogP contribution in [0.5, 0.6) is 0 Å². The Kier molecular flexibility index (Phi) is 2.38. The van der Waals surface area contributed by atoms with E-state index in [0.717, 1.165) is 0 Å². The number of pyridine rings is 1. The van der Waals surface area contributed by atoms with Crippen molar-refractivity contribution in [1.82, 2.24) is 15.1 Å². The minimum absolute atomic E-state index is 0.154. The first kappa shape index (κ1) is 10.6. The fourth-order valence-corrected chi connectivity index (χ4v) is 1.17. The third kappa shape index (κ3) is 2.03. The quantitative estimate of drug-likeness (QED) is 0.792. The Balaban J connectivity index is 2.35. The van der Waals surface area contributed by atoms with E-state index >= 15 is 0 Å². The van der Waals surface area contributed by atoms with E-state index in [1.807, 2.05) is 20.8 Å². The first-order valence-corrected chi connectivity index (χ1v) is 5.03. The molecule has 0 saturated heterocycles. The minimum Gasteiger partial charge on any atom is -0.397 e. The predicted octanol–water partition coefficient (Wildman–Crippen LogP) is 2.01. The van der Waals surface area contributed by atoms with E-state index in [0.29, 0.717) is 23.1 Å². The molecule has 0 saturated carbocycles. The summed E-state index contributed by atoms with van der Waals surface area (Å²) in [5, 5.41) is 3.89. The third-order valence-electron chi connectivity index (χ3n) is 2.08. The number of nitrogen functional groups attached to an aromatic ring is 1. The second kappa shape index (κ2) is 3.59. The third-order valence-corrected chi connectivity index (χ3v) is 2.08. The van der Waals surface area contributed by atoms with Gasteiger partial charge in [0.25, 0.3) is 0 Å². The normalized spacial score (nSPS) is 11.7. The molecule has 2 rings (SSSR count). The van der Waals surface area contributed by atoms with Crippen LogP contribution in [0, 0.1) is 0 Å². The van der Waals surface area contributed by atoms with Crippen molar-refractivity contribution in [3.05, 3.63) is 24.2 Å². The van der Waals surface area contributed by atoms with Crippen molar-refractivity contribution in [2.75, 3.05) is 5.73 Å². The minimum atomic E-state index is -0.154. The smallest absolute Gasteiger partial charge is 0.232 e. The van der Waals surface area contributed by atoms with Gasteiger partial charge >= 0.3 is 0 Å². The maximum absolute atomic E-state index is 5.55. The topological polar surface area (TPSA) is 77.8 Å². The molecule has 2 N–H and O–H groups in total. The lowest BCUT2D eigenvalue weighted by Crippen LogP contribution is -2.11. The highest BCUT2D eigenvalue weighted by Crippen LogP contribution is 2.22. The first-order chi connectivity index (χ1) is 7.47. The Hall–Kier alpha value is -1.91. The van der Waals surface area contributed by atoms with E-state index in [2.05, 4.69) is 15.1 Å². The van der Waals surface area contributed by atoms with Gasteiger partial charge in [-0.05, 0) is 12.1 Å². The molecule has 2 aromatic rings. The average Bonchev–Trinajstić information content (AvgIpc) is 2.67. The van der Waals surface area contributed by atoms with Gasteiger partial charge in [-0.2, -0.15) is 4.98 Å². The van der Waals surface area contributed by atoms with Gasteiger partial charge in [0.15, 0.2) is 0 Å². The van der Waals surface area contributed by atoms with Crippen molar-refractivity contribution >= 4 is 5.69 Å². The fourth-order valence-electron chi connectivity index (χ4n) is 1.17. The number of rotatable bonds is 1. The standard InChI is InChI=1S/C11H14N4O/c1-11(2,3)10-14-9(15-16-10)8-5-4-7(12)6-13-8/h4-6H,12H2,1-3H3. The number of aromatic nitrogens is 3. The van der Waals surface area contributed by atoms with Gasteiger partial charge < -0.3 is 10.3 Å². The van der Waals surface area contributed by atoms with Crippen LogP contribution >= 0.6 is 0 Å². The molecule has 2 heterocycles. The average molecular weight is 218 g/mol. The van der Waals surface area contributed by atoms with Gasteiger partial charge in [0.05, 0.1) is 11.9 Å². The van der Waals surface area contributed by atoms with Crippen LogP contribution in [-0.4, -0.2) is 15.1 Å². The number of hydrogen-bond acceptors (Lipinski definition) is 5. The second-order valence-electron chi connectivity index (χ2n) is 4.65. The number of nitrogens with zero attached hydrogens (tertiary/aromatic N) is 3. The summed E-state index contributed by atoms with van der Waals surface area (Å²) in [4.78, 5) is 8.43. The van der Waals surface area contributed by atoms with Crippen LogP contribution in [0.1, 0.15) is 26.7 Å². The zero-order chi connectivity index (χ0) is 11.8. The Morgan fingerprint density at radius 1 is 1.25 bits per heavy atom. The van der Waals surface area contributed by atoms with Gasteiger partial charge in [0, 0.05) is 5.41 Å². The molecular weight excluding hydrogens is 204 g/mol. The molecule has 0 bridgehead atoms. The van der Waals surface area contributed by atoms with Crippen LogP contribution in [0.25, 0.3) is 11.5 Å². The van der Waals surface area contributed by atoms with E-state index in [1.165, 1.54) is 0 Å². The van der Waals surface area contributed by atoms with Crippen LogP contribution in [0.15, 0.2) is 22.9 Å². The van der Waals surface area contributed by atoms with Gasteiger partial charge in [0.2, 0.25) is 11.7 Å². The van der Waals surface area contributed by atoms with Gasteiger partial charge in [0.1, 0.15) is 5.69 Å². The van der Waals surface area contributed by atoms with Crippen LogP contribution in [0.4, 0.5) is 5.69 Å². The number of nitrogens with two attached hydrogens (primary N) is 1. The molecule has 0 aliphatic heterocycles. The molecule has 5 heteroatoms. The largest absolute Gasteiger partial charge is 0.397 e. The van der Waals surface area contributed by atoms with Crippen LogP contribution in [0.3, 0.4) is 0 Å². The molecule has 0 atom stereocenters. The molecule has 5 nitrogen and oxygen atoms in total. The van der Waals surface area contributed by atoms with Crippen LogP contribution in [0.2, 0.25) is 0 Å². The van der Waals surface area contributed by atoms with E-state index in [-0.39, 0.29) is 5.41 Å². The summed E-state index contributed by atoms with van der Waals surface area (Å²) in [5.74, 6) is 1.09. The highest BCUT2D eigenvalue weighted by molar-refractivity contribution is 5.51. The lowest BCUT2D eigenvalue weighted by molar-refractivity contribution is 0.321. The molecule has 0 amide bonds. The Morgan fingerprint density at radius 3 is 2.50 bits per heavy atom. The van der Waals surface area contributed by atoms with Crippen molar-refractivity contribution < 1.29 is 4.52 Å². The summed E-state index contributed by atoms with van der Waals surface area (Å²) in [6, 6.07) is 3.53. The van der Waals surface area contributed by atoms with E-state index < -0.39 is 0 Å². The van der Waals surface area contributed by atoms with Crippen LogP contribution < -0.4 is 5.73 Å². The summed E-state index contributed by atoms with van der Waals surface area (Å²) in [6.45, 7) is 6.04. The van der Waals surface area contributed by atoms with Crippen molar-refractivity contribution in [2.45, 2.75) is 26.2 Å². The van der Waals surface area contributed by atoms with Crippen molar-refractivity contribution in [2.24, 2.45) is 0 Å². The molecule has 2 aromatic heterocycles. The molecule has 0 aliphatic carbocycles. The summed E-state index contributed by atoms with van der Waals surface area (Å²) >= 11 is 0. The summed E-state index contributed by atoms with van der Waals surface area (Å²) in [7, 11) is 0. The SMILES string of the molecule is CC(C)(C)c1nc(-c2ccc(N)cn2)no1. The maximum Gasteiger partial charge on any atom is 0.232 e. The van der Waals surface area contributed by atoms with Gasteiger partial charge in [-0.3, -0.25) is 4.98 Å². The van der Waals surface area contributed by atoms with Crippen LogP contribution in [-0.2, 0) is 5.41 Å². The molecule has 0 aromatic carbocycles. The van der Waals surface area contributed by atoms with Gasteiger partial charge in [-0.1, -0.05) is 25.9 Å². The Labute approximate surface area is 93.7 Å². The lowest BCUT2D eigenvalue weighted by Gasteiger charge is -2.10. The molecule has 84 valence electrons. The Morgan fingerprint density at radius 2 is 2.00 bits per heavy atom. The van der Waals surface area contributed by atoms with E-state index in [1.54, 1.807) is 18.3 Å². The first-order valence-electron chi connectivity index (χ1n) is 5.03. The zero-order valence-corrected chi connectivity index (χ0v) is 9.56. The van der Waals surface area contributed by atoms with Gasteiger partial charge in [-0.15, -0.1) is 0 Å². The molecule has 0 radical (unpaired) electrons. The molecule has 0 spiro atoms. The van der Waals surface area contributed by atoms with Crippen molar-refractivity contribution in [3.63, 3.8) is 0 Å². The molecule has 0 unspecified atom stereocenters. The molecule has 0 fully saturated rings. The Bertz CT molecular complexity index is 481. The lowest BCUT2D eigenvalue weighted by atomic mass is 9.97. The highest BCUT2D eigenvalue weighted by atomic mass is 16.5. The molecule has 0 aliphatic rings. The van der Waals surface area contributed by atoms with Crippen molar-refractivity contribution in [3.8, 4) is 11.5 Å². The predicted molar refractivity (Wildman–Crippen MR) is 60.6 cm³/mol. The zero-order valence-electron chi connectivity index (χ0n) is 9.56. The maximum atomic E-state index is 5.55. The summed E-state index contributed by atoms with van der Waals surface area (Å²) in [6.07, 6.45) is 1.57.